The first-order valence-electron chi connectivity index (χ1n) is 5.02. The second kappa shape index (κ2) is 3.34. The molecule has 0 atom stereocenters. The SMILES string of the molecule is CC1=C(c2ccccc2)C(=O)O[Si]1(C)C. The van der Waals surface area contributed by atoms with Crippen molar-refractivity contribution in [1.82, 2.24) is 0 Å². The molecule has 0 N–H and O–H groups in total. The predicted molar refractivity (Wildman–Crippen MR) is 62.6 cm³/mol. The van der Waals surface area contributed by atoms with Gasteiger partial charge in [0.15, 0.2) is 0 Å². The fraction of sp³-hybridized carbons (Fsp3) is 0.250. The van der Waals surface area contributed by atoms with E-state index in [1.54, 1.807) is 0 Å². The van der Waals surface area contributed by atoms with Gasteiger partial charge in [0, 0.05) is 0 Å². The standard InChI is InChI=1S/C12H14O2Si/c1-9-11(10-7-5-4-6-8-10)12(13)14-15(9,2)3/h4-8H,1-3H3. The van der Waals surface area contributed by atoms with Crippen LogP contribution in [-0.4, -0.2) is 14.3 Å². The highest BCUT2D eigenvalue weighted by Crippen LogP contribution is 2.34. The molecule has 1 aromatic carbocycles. The number of hydrogen-bond donors (Lipinski definition) is 0. The lowest BCUT2D eigenvalue weighted by Gasteiger charge is -2.14. The zero-order chi connectivity index (χ0) is 11.1. The molecule has 15 heavy (non-hydrogen) atoms. The van der Waals surface area contributed by atoms with E-state index in [-0.39, 0.29) is 5.97 Å². The van der Waals surface area contributed by atoms with Gasteiger partial charge in [0.05, 0.1) is 5.57 Å². The molecule has 0 aromatic heterocycles. The van der Waals surface area contributed by atoms with Crippen molar-refractivity contribution in [1.29, 1.82) is 0 Å². The Hall–Kier alpha value is -1.35. The van der Waals surface area contributed by atoms with Gasteiger partial charge >= 0.3 is 5.97 Å². The van der Waals surface area contributed by atoms with Crippen LogP contribution < -0.4 is 0 Å². The topological polar surface area (TPSA) is 26.3 Å². The monoisotopic (exact) mass is 218 g/mol. The molecular weight excluding hydrogens is 204 g/mol. The minimum absolute atomic E-state index is 0.157. The second-order valence-corrected chi connectivity index (χ2v) is 8.24. The molecule has 0 unspecified atom stereocenters. The molecule has 0 saturated carbocycles. The molecule has 1 aliphatic rings. The Kier molecular flexibility index (Phi) is 2.27. The first kappa shape index (κ1) is 10.2. The highest BCUT2D eigenvalue weighted by atomic mass is 28.4. The molecule has 0 spiro atoms. The normalized spacial score (nSPS) is 19.3. The molecule has 3 heteroatoms. The van der Waals surface area contributed by atoms with Gasteiger partial charge in [-0.1, -0.05) is 30.3 Å². The second-order valence-electron chi connectivity index (χ2n) is 4.27. The number of rotatable bonds is 1. The van der Waals surface area contributed by atoms with E-state index in [0.717, 1.165) is 16.3 Å². The third-order valence-corrected chi connectivity index (χ3v) is 5.64. The molecule has 2 nitrogen and oxygen atoms in total. The van der Waals surface area contributed by atoms with Crippen LogP contribution in [-0.2, 0) is 9.22 Å². The van der Waals surface area contributed by atoms with Crippen LogP contribution >= 0.6 is 0 Å². The van der Waals surface area contributed by atoms with Crippen molar-refractivity contribution in [3.63, 3.8) is 0 Å². The van der Waals surface area contributed by atoms with Crippen LogP contribution in [0.5, 0.6) is 0 Å². The number of benzene rings is 1. The number of hydrogen-bond acceptors (Lipinski definition) is 2. The van der Waals surface area contributed by atoms with E-state index in [4.69, 9.17) is 4.43 Å². The van der Waals surface area contributed by atoms with Gasteiger partial charge < -0.3 is 4.43 Å². The molecule has 1 heterocycles. The summed E-state index contributed by atoms with van der Waals surface area (Å²) in [4.78, 5) is 11.8. The third kappa shape index (κ3) is 1.63. The maximum Gasteiger partial charge on any atom is 0.325 e. The lowest BCUT2D eigenvalue weighted by molar-refractivity contribution is -0.127. The van der Waals surface area contributed by atoms with Crippen LogP contribution in [0.15, 0.2) is 35.5 Å². The van der Waals surface area contributed by atoms with Crippen LogP contribution in [0.1, 0.15) is 12.5 Å². The molecule has 78 valence electrons. The molecule has 2 rings (SSSR count). The molecule has 1 aromatic rings. The number of carbonyl (C=O) groups is 1. The van der Waals surface area contributed by atoms with Gasteiger partial charge in [-0.3, -0.25) is 0 Å². The van der Waals surface area contributed by atoms with Gasteiger partial charge in [0.2, 0.25) is 0 Å². The molecule has 0 aliphatic carbocycles. The predicted octanol–water partition coefficient (Wildman–Crippen LogP) is 2.76. The van der Waals surface area contributed by atoms with E-state index in [1.807, 2.05) is 37.3 Å². The maximum atomic E-state index is 11.8. The minimum Gasteiger partial charge on any atom is -0.512 e. The van der Waals surface area contributed by atoms with Gasteiger partial charge in [-0.25, -0.2) is 4.79 Å². The number of carbonyl (C=O) groups excluding carboxylic acids is 1. The fourth-order valence-electron chi connectivity index (χ4n) is 1.75. The Labute approximate surface area is 90.7 Å². The maximum absolute atomic E-state index is 11.8. The van der Waals surface area contributed by atoms with E-state index in [1.165, 1.54) is 0 Å². The van der Waals surface area contributed by atoms with Crippen molar-refractivity contribution in [3.8, 4) is 0 Å². The summed E-state index contributed by atoms with van der Waals surface area (Å²) in [6.45, 7) is 6.12. The summed E-state index contributed by atoms with van der Waals surface area (Å²) in [6, 6.07) is 9.74. The first-order chi connectivity index (χ1) is 7.02. The van der Waals surface area contributed by atoms with Gasteiger partial charge in [-0.15, -0.1) is 0 Å². The van der Waals surface area contributed by atoms with Crippen molar-refractivity contribution in [2.45, 2.75) is 20.0 Å². The summed E-state index contributed by atoms with van der Waals surface area (Å²) in [5.41, 5.74) is 1.74. The van der Waals surface area contributed by atoms with Crippen molar-refractivity contribution < 1.29 is 9.22 Å². The largest absolute Gasteiger partial charge is 0.512 e. The lowest BCUT2D eigenvalue weighted by atomic mass is 10.1. The fourth-order valence-corrected chi connectivity index (χ4v) is 3.32. The Morgan fingerprint density at radius 2 is 1.73 bits per heavy atom. The molecular formula is C12H14O2Si. The summed E-state index contributed by atoms with van der Waals surface area (Å²) in [5, 5.41) is 1.14. The van der Waals surface area contributed by atoms with Crippen LogP contribution in [0.25, 0.3) is 5.57 Å². The summed E-state index contributed by atoms with van der Waals surface area (Å²) < 4.78 is 5.45. The molecule has 0 radical (unpaired) electrons. The summed E-state index contributed by atoms with van der Waals surface area (Å²) >= 11 is 0. The van der Waals surface area contributed by atoms with E-state index in [9.17, 15) is 4.79 Å². The van der Waals surface area contributed by atoms with Gasteiger partial charge in [-0.2, -0.15) is 0 Å². The zero-order valence-corrected chi connectivity index (χ0v) is 10.2. The van der Waals surface area contributed by atoms with Crippen molar-refractivity contribution in [2.75, 3.05) is 0 Å². The van der Waals surface area contributed by atoms with Crippen LogP contribution in [0.4, 0.5) is 0 Å². The zero-order valence-electron chi connectivity index (χ0n) is 9.20. The average Bonchev–Trinajstić information content (AvgIpc) is 2.38. The first-order valence-corrected chi connectivity index (χ1v) is 7.93. The number of allylic oxidation sites excluding steroid dienone is 1. The summed E-state index contributed by atoms with van der Waals surface area (Å²) in [6.07, 6.45) is 0. The molecule has 0 amide bonds. The third-order valence-electron chi connectivity index (χ3n) is 2.89. The minimum atomic E-state index is -1.92. The molecule has 0 fully saturated rings. The summed E-state index contributed by atoms with van der Waals surface area (Å²) in [7, 11) is -1.92. The Bertz CT molecular complexity index is 432. The van der Waals surface area contributed by atoms with Crippen LogP contribution in [0.3, 0.4) is 0 Å². The van der Waals surface area contributed by atoms with E-state index >= 15 is 0 Å². The van der Waals surface area contributed by atoms with Crippen LogP contribution in [0, 0.1) is 0 Å². The van der Waals surface area contributed by atoms with E-state index in [2.05, 4.69) is 13.1 Å². The Morgan fingerprint density at radius 3 is 2.20 bits per heavy atom. The van der Waals surface area contributed by atoms with Gasteiger partial charge in [0.25, 0.3) is 8.32 Å². The molecule has 0 saturated heterocycles. The lowest BCUT2D eigenvalue weighted by Crippen LogP contribution is -2.28. The highest BCUT2D eigenvalue weighted by Gasteiger charge is 2.40. The van der Waals surface area contributed by atoms with E-state index < -0.39 is 8.32 Å². The van der Waals surface area contributed by atoms with Gasteiger partial charge in [-0.05, 0) is 30.8 Å². The van der Waals surface area contributed by atoms with Crippen molar-refractivity contribution in [2.24, 2.45) is 0 Å². The smallest absolute Gasteiger partial charge is 0.325 e. The quantitative estimate of drug-likeness (QED) is 0.677. The summed E-state index contributed by atoms with van der Waals surface area (Å²) in [5.74, 6) is -0.157. The van der Waals surface area contributed by atoms with E-state index in [0.29, 0.717) is 0 Å². The van der Waals surface area contributed by atoms with Crippen molar-refractivity contribution in [3.05, 3.63) is 41.1 Å². The van der Waals surface area contributed by atoms with Gasteiger partial charge in [0.1, 0.15) is 0 Å². The van der Waals surface area contributed by atoms with Crippen LogP contribution in [0.2, 0.25) is 13.1 Å². The Balaban J connectivity index is 2.54. The Morgan fingerprint density at radius 1 is 1.13 bits per heavy atom. The molecule has 0 bridgehead atoms. The molecule has 1 aliphatic heterocycles. The van der Waals surface area contributed by atoms with Crippen molar-refractivity contribution >= 4 is 19.9 Å². The average molecular weight is 218 g/mol. The highest BCUT2D eigenvalue weighted by molar-refractivity contribution is 6.84.